The van der Waals surface area contributed by atoms with Gasteiger partial charge in [0.25, 0.3) is 0 Å². The summed E-state index contributed by atoms with van der Waals surface area (Å²) in [6, 6.07) is 3.79. The van der Waals surface area contributed by atoms with Gasteiger partial charge in [-0.1, -0.05) is 29.3 Å². The van der Waals surface area contributed by atoms with Crippen LogP contribution in [0.3, 0.4) is 0 Å². The van der Waals surface area contributed by atoms with E-state index in [0.717, 1.165) is 22.8 Å². The largest absolute Gasteiger partial charge is 0.368 e. The van der Waals surface area contributed by atoms with Gasteiger partial charge in [-0.2, -0.15) is 0 Å². The van der Waals surface area contributed by atoms with E-state index in [9.17, 15) is 0 Å². The number of hydrogen-bond donors (Lipinski definition) is 0. The Labute approximate surface area is 81.2 Å². The molecule has 3 heteroatoms. The molecule has 1 saturated heterocycles. The van der Waals surface area contributed by atoms with Crippen molar-refractivity contribution in [2.24, 2.45) is 0 Å². The highest BCUT2D eigenvalue weighted by atomic mass is 35.5. The predicted octanol–water partition coefficient (Wildman–Crippen LogP) is 3.37. The van der Waals surface area contributed by atoms with Gasteiger partial charge in [-0.15, -0.1) is 0 Å². The molecule has 0 N–H and O–H groups in total. The normalized spacial score (nSPS) is 21.1. The lowest BCUT2D eigenvalue weighted by atomic mass is 10.1. The van der Waals surface area contributed by atoms with E-state index in [4.69, 9.17) is 27.9 Å². The molecule has 0 bridgehead atoms. The maximum Gasteiger partial charge on any atom is 0.107 e. The molecule has 0 aliphatic carbocycles. The molecule has 12 heavy (non-hydrogen) atoms. The lowest BCUT2D eigenvalue weighted by molar-refractivity contribution is 0.415. The van der Waals surface area contributed by atoms with Gasteiger partial charge in [-0.05, 0) is 18.6 Å². The van der Waals surface area contributed by atoms with Gasteiger partial charge >= 0.3 is 0 Å². The van der Waals surface area contributed by atoms with Gasteiger partial charge < -0.3 is 4.74 Å². The molecule has 1 aromatic carbocycles. The van der Waals surface area contributed by atoms with Crippen LogP contribution in [-0.2, 0) is 4.74 Å². The highest BCUT2D eigenvalue weighted by Gasteiger charge is 2.27. The van der Waals surface area contributed by atoms with Gasteiger partial charge in [0, 0.05) is 10.6 Å². The standard InChI is InChI=1S/C9H8Cl2O/c1-5-7(10)3-2-6(9(5)11)8-4-12-8/h2-3,8H,4H2,1H3/t8-/m0/s1. The average Bonchev–Trinajstić information content (AvgIpc) is 2.84. The Hall–Kier alpha value is -0.240. The van der Waals surface area contributed by atoms with Crippen LogP contribution in [0.15, 0.2) is 12.1 Å². The van der Waals surface area contributed by atoms with E-state index in [-0.39, 0.29) is 6.10 Å². The van der Waals surface area contributed by atoms with Crippen LogP contribution in [0.25, 0.3) is 0 Å². The minimum Gasteiger partial charge on any atom is -0.368 e. The monoisotopic (exact) mass is 202 g/mol. The summed E-state index contributed by atoms with van der Waals surface area (Å²) in [4.78, 5) is 0. The topological polar surface area (TPSA) is 12.5 Å². The molecular formula is C9H8Cl2O. The fourth-order valence-electron chi connectivity index (χ4n) is 1.16. The predicted molar refractivity (Wildman–Crippen MR) is 49.9 cm³/mol. The van der Waals surface area contributed by atoms with Gasteiger partial charge in [0.15, 0.2) is 0 Å². The van der Waals surface area contributed by atoms with Crippen molar-refractivity contribution in [2.75, 3.05) is 6.61 Å². The molecule has 1 aromatic rings. The molecule has 0 aromatic heterocycles. The molecular weight excluding hydrogens is 195 g/mol. The van der Waals surface area contributed by atoms with Crippen LogP contribution in [0.5, 0.6) is 0 Å². The number of benzene rings is 1. The van der Waals surface area contributed by atoms with Gasteiger partial charge in [-0.3, -0.25) is 0 Å². The van der Waals surface area contributed by atoms with E-state index < -0.39 is 0 Å². The van der Waals surface area contributed by atoms with Crippen molar-refractivity contribution in [2.45, 2.75) is 13.0 Å². The van der Waals surface area contributed by atoms with E-state index >= 15 is 0 Å². The maximum absolute atomic E-state index is 6.07. The molecule has 0 saturated carbocycles. The Kier molecular flexibility index (Phi) is 2.03. The molecule has 1 fully saturated rings. The Morgan fingerprint density at radius 3 is 2.67 bits per heavy atom. The first-order valence-corrected chi connectivity index (χ1v) is 4.52. The first kappa shape index (κ1) is 8.36. The number of ether oxygens (including phenoxy) is 1. The van der Waals surface area contributed by atoms with E-state index in [1.807, 2.05) is 19.1 Å². The summed E-state index contributed by atoms with van der Waals surface area (Å²) in [7, 11) is 0. The Bertz CT molecular complexity index is 319. The lowest BCUT2D eigenvalue weighted by Crippen LogP contribution is -1.86. The van der Waals surface area contributed by atoms with Gasteiger partial charge in [-0.25, -0.2) is 0 Å². The second kappa shape index (κ2) is 2.91. The molecule has 1 nitrogen and oxygen atoms in total. The number of halogens is 2. The van der Waals surface area contributed by atoms with E-state index in [2.05, 4.69) is 0 Å². The van der Waals surface area contributed by atoms with E-state index in [1.54, 1.807) is 0 Å². The molecule has 0 radical (unpaired) electrons. The maximum atomic E-state index is 6.07. The first-order valence-electron chi connectivity index (χ1n) is 3.76. The van der Waals surface area contributed by atoms with Crippen LogP contribution in [0.4, 0.5) is 0 Å². The van der Waals surface area contributed by atoms with Crippen LogP contribution in [0, 0.1) is 6.92 Å². The Morgan fingerprint density at radius 2 is 2.08 bits per heavy atom. The molecule has 1 heterocycles. The second-order valence-electron chi connectivity index (χ2n) is 2.90. The SMILES string of the molecule is Cc1c(Cl)ccc([C@@H]2CO2)c1Cl. The molecule has 0 unspecified atom stereocenters. The van der Waals surface area contributed by atoms with Crippen molar-refractivity contribution < 1.29 is 4.74 Å². The first-order chi connectivity index (χ1) is 5.70. The number of hydrogen-bond acceptors (Lipinski definition) is 1. The van der Waals surface area contributed by atoms with E-state index in [1.165, 1.54) is 0 Å². The zero-order chi connectivity index (χ0) is 8.72. The molecule has 64 valence electrons. The zero-order valence-electron chi connectivity index (χ0n) is 6.60. The van der Waals surface area contributed by atoms with Crippen molar-refractivity contribution in [3.63, 3.8) is 0 Å². The van der Waals surface area contributed by atoms with E-state index in [0.29, 0.717) is 5.02 Å². The Morgan fingerprint density at radius 1 is 1.42 bits per heavy atom. The fraction of sp³-hybridized carbons (Fsp3) is 0.333. The number of rotatable bonds is 1. The zero-order valence-corrected chi connectivity index (χ0v) is 8.12. The van der Waals surface area contributed by atoms with Crippen molar-refractivity contribution >= 4 is 23.2 Å². The summed E-state index contributed by atoms with van der Waals surface area (Å²) in [5.74, 6) is 0. The summed E-state index contributed by atoms with van der Waals surface area (Å²) in [6.07, 6.45) is 0.202. The third-order valence-electron chi connectivity index (χ3n) is 2.03. The number of epoxide rings is 1. The van der Waals surface area contributed by atoms with Gasteiger partial charge in [0.05, 0.1) is 11.6 Å². The van der Waals surface area contributed by atoms with Crippen LogP contribution < -0.4 is 0 Å². The quantitative estimate of drug-likeness (QED) is 0.637. The van der Waals surface area contributed by atoms with Gasteiger partial charge in [0.1, 0.15) is 6.10 Å². The highest BCUT2D eigenvalue weighted by molar-refractivity contribution is 6.36. The second-order valence-corrected chi connectivity index (χ2v) is 3.68. The van der Waals surface area contributed by atoms with Crippen molar-refractivity contribution in [3.8, 4) is 0 Å². The van der Waals surface area contributed by atoms with Crippen molar-refractivity contribution in [1.82, 2.24) is 0 Å². The minimum atomic E-state index is 0.202. The Balaban J connectivity index is 2.49. The van der Waals surface area contributed by atoms with Gasteiger partial charge in [0.2, 0.25) is 0 Å². The fourth-order valence-corrected chi connectivity index (χ4v) is 1.65. The molecule has 0 amide bonds. The summed E-state index contributed by atoms with van der Waals surface area (Å²) in [5.41, 5.74) is 1.99. The van der Waals surface area contributed by atoms with Crippen LogP contribution in [0.1, 0.15) is 17.2 Å². The van der Waals surface area contributed by atoms with Crippen LogP contribution >= 0.6 is 23.2 Å². The van der Waals surface area contributed by atoms with Crippen molar-refractivity contribution in [1.29, 1.82) is 0 Å². The third-order valence-corrected chi connectivity index (χ3v) is 2.94. The summed E-state index contributed by atoms with van der Waals surface area (Å²) >= 11 is 12.0. The molecule has 2 rings (SSSR count). The van der Waals surface area contributed by atoms with Crippen LogP contribution in [0.2, 0.25) is 10.0 Å². The average molecular weight is 203 g/mol. The highest BCUT2D eigenvalue weighted by Crippen LogP contribution is 2.38. The van der Waals surface area contributed by atoms with Crippen molar-refractivity contribution in [3.05, 3.63) is 33.3 Å². The third kappa shape index (κ3) is 1.33. The molecule has 1 atom stereocenters. The van der Waals surface area contributed by atoms with Crippen LogP contribution in [-0.4, -0.2) is 6.61 Å². The summed E-state index contributed by atoms with van der Waals surface area (Å²) < 4.78 is 5.14. The summed E-state index contributed by atoms with van der Waals surface area (Å²) in [6.45, 7) is 2.69. The molecule has 1 aliphatic rings. The minimum absolute atomic E-state index is 0.202. The molecule has 0 spiro atoms. The smallest absolute Gasteiger partial charge is 0.107 e. The molecule has 1 aliphatic heterocycles. The summed E-state index contributed by atoms with van der Waals surface area (Å²) in [5, 5.41) is 1.45. The lowest BCUT2D eigenvalue weighted by Gasteiger charge is -2.04.